The van der Waals surface area contributed by atoms with Gasteiger partial charge in [0.25, 0.3) is 10.1 Å². The molecule has 0 saturated carbocycles. The molecule has 2 heterocycles. The van der Waals surface area contributed by atoms with Crippen molar-refractivity contribution in [3.8, 4) is 33.9 Å². The minimum Gasteiger partial charge on any atom is -0.282 e. The lowest BCUT2D eigenvalue weighted by Gasteiger charge is -2.11. The molecule has 0 amide bonds. The van der Waals surface area contributed by atoms with Crippen LogP contribution in [-0.2, 0) is 16.3 Å². The van der Waals surface area contributed by atoms with E-state index in [-0.39, 0.29) is 33.2 Å². The summed E-state index contributed by atoms with van der Waals surface area (Å²) in [4.78, 5) is 11.6. The van der Waals surface area contributed by atoms with E-state index in [4.69, 9.17) is 0 Å². The van der Waals surface area contributed by atoms with Gasteiger partial charge in [-0.25, -0.2) is 14.4 Å². The fourth-order valence-electron chi connectivity index (χ4n) is 3.03. The molecule has 0 radical (unpaired) electrons. The maximum Gasteiger partial charge on any atom is 0.433 e. The average Bonchev–Trinajstić information content (AvgIpc) is 2.78. The highest BCUT2D eigenvalue weighted by molar-refractivity contribution is 7.85. The number of hydrogen-bond acceptors (Lipinski definition) is 5. The summed E-state index contributed by atoms with van der Waals surface area (Å²) < 4.78 is 85.8. The quantitative estimate of drug-likeness (QED) is 0.319. The van der Waals surface area contributed by atoms with E-state index in [2.05, 4.69) is 15.0 Å². The SMILES string of the molecule is O=S(=O)(O)c1cccc(-c2cc(-c3nc(-c4ccc(F)cc4)cc(C(F)(F)F)n3)ccn2)c1. The van der Waals surface area contributed by atoms with Crippen molar-refractivity contribution in [3.63, 3.8) is 0 Å². The van der Waals surface area contributed by atoms with Gasteiger partial charge in [-0.1, -0.05) is 12.1 Å². The Labute approximate surface area is 185 Å². The lowest BCUT2D eigenvalue weighted by atomic mass is 10.1. The second kappa shape index (κ2) is 8.34. The van der Waals surface area contributed by atoms with Gasteiger partial charge in [-0.3, -0.25) is 9.54 Å². The standard InChI is InChI=1S/C22H13F4N3O3S/c23-16-6-4-13(5-7-16)19-12-20(22(24,25)26)29-21(28-19)15-8-9-27-18(11-15)14-2-1-3-17(10-14)33(30,31)32/h1-12H,(H,30,31,32). The van der Waals surface area contributed by atoms with Crippen LogP contribution in [0.2, 0.25) is 0 Å². The van der Waals surface area contributed by atoms with Gasteiger partial charge in [0.1, 0.15) is 11.5 Å². The second-order valence-electron chi connectivity index (χ2n) is 6.90. The van der Waals surface area contributed by atoms with Crippen molar-refractivity contribution in [1.82, 2.24) is 15.0 Å². The highest BCUT2D eigenvalue weighted by Crippen LogP contribution is 2.33. The van der Waals surface area contributed by atoms with E-state index in [1.165, 1.54) is 54.7 Å². The molecular weight excluding hydrogens is 462 g/mol. The molecule has 0 atom stereocenters. The lowest BCUT2D eigenvalue weighted by molar-refractivity contribution is -0.141. The summed E-state index contributed by atoms with van der Waals surface area (Å²) in [6, 6.07) is 13.7. The number of pyridine rings is 1. The summed E-state index contributed by atoms with van der Waals surface area (Å²) in [5, 5.41) is 0. The van der Waals surface area contributed by atoms with Crippen LogP contribution >= 0.6 is 0 Å². The van der Waals surface area contributed by atoms with Crippen molar-refractivity contribution in [2.45, 2.75) is 11.1 Å². The molecule has 0 aliphatic carbocycles. The van der Waals surface area contributed by atoms with Crippen LogP contribution < -0.4 is 0 Å². The normalized spacial score (nSPS) is 12.0. The largest absolute Gasteiger partial charge is 0.433 e. The zero-order chi connectivity index (χ0) is 23.8. The fourth-order valence-corrected chi connectivity index (χ4v) is 3.56. The zero-order valence-electron chi connectivity index (χ0n) is 16.5. The summed E-state index contributed by atoms with van der Waals surface area (Å²) >= 11 is 0. The van der Waals surface area contributed by atoms with Crippen molar-refractivity contribution >= 4 is 10.1 Å². The molecule has 0 aliphatic heterocycles. The van der Waals surface area contributed by atoms with Gasteiger partial charge in [0, 0.05) is 22.9 Å². The summed E-state index contributed by atoms with van der Waals surface area (Å²) in [6.45, 7) is 0. The van der Waals surface area contributed by atoms with Gasteiger partial charge >= 0.3 is 6.18 Å². The molecular formula is C22H13F4N3O3S. The molecule has 4 aromatic rings. The molecule has 0 spiro atoms. The van der Waals surface area contributed by atoms with Gasteiger partial charge in [0.2, 0.25) is 0 Å². The molecule has 1 N–H and O–H groups in total. The predicted molar refractivity (Wildman–Crippen MR) is 111 cm³/mol. The van der Waals surface area contributed by atoms with E-state index in [1.54, 1.807) is 0 Å². The van der Waals surface area contributed by atoms with E-state index in [9.17, 15) is 30.5 Å². The zero-order valence-corrected chi connectivity index (χ0v) is 17.3. The number of nitrogens with zero attached hydrogens (tertiary/aromatic N) is 3. The number of alkyl halides is 3. The molecule has 0 fully saturated rings. The third-order valence-electron chi connectivity index (χ3n) is 4.60. The summed E-state index contributed by atoms with van der Waals surface area (Å²) in [5.74, 6) is -0.797. The molecule has 0 aliphatic rings. The van der Waals surface area contributed by atoms with Gasteiger partial charge in [-0.05, 0) is 54.6 Å². The van der Waals surface area contributed by atoms with Crippen LogP contribution in [-0.4, -0.2) is 27.9 Å². The van der Waals surface area contributed by atoms with E-state index < -0.39 is 27.8 Å². The highest BCUT2D eigenvalue weighted by Gasteiger charge is 2.34. The van der Waals surface area contributed by atoms with Crippen LogP contribution in [0.5, 0.6) is 0 Å². The van der Waals surface area contributed by atoms with Gasteiger partial charge in [0.15, 0.2) is 5.82 Å². The third-order valence-corrected chi connectivity index (χ3v) is 5.45. The lowest BCUT2D eigenvalue weighted by Crippen LogP contribution is -2.10. The first-order chi connectivity index (χ1) is 15.5. The fraction of sp³-hybridized carbons (Fsp3) is 0.0455. The van der Waals surface area contributed by atoms with Crippen LogP contribution in [0.25, 0.3) is 33.9 Å². The van der Waals surface area contributed by atoms with Crippen molar-refractivity contribution in [1.29, 1.82) is 0 Å². The van der Waals surface area contributed by atoms with Gasteiger partial charge in [-0.15, -0.1) is 0 Å². The average molecular weight is 475 g/mol. The third kappa shape index (κ3) is 5.04. The smallest absolute Gasteiger partial charge is 0.282 e. The van der Waals surface area contributed by atoms with Crippen LogP contribution in [0.3, 0.4) is 0 Å². The van der Waals surface area contributed by atoms with Crippen LogP contribution in [0.4, 0.5) is 17.6 Å². The minimum atomic E-state index is -4.76. The van der Waals surface area contributed by atoms with Crippen LogP contribution in [0.1, 0.15) is 5.69 Å². The van der Waals surface area contributed by atoms with Crippen LogP contribution in [0, 0.1) is 5.82 Å². The molecule has 33 heavy (non-hydrogen) atoms. The summed E-state index contributed by atoms with van der Waals surface area (Å²) in [6.07, 6.45) is -3.45. The van der Waals surface area contributed by atoms with E-state index >= 15 is 0 Å². The Hall–Kier alpha value is -3.70. The number of halogens is 4. The Morgan fingerprint density at radius 2 is 1.52 bits per heavy atom. The molecule has 2 aromatic carbocycles. The van der Waals surface area contributed by atoms with E-state index in [0.717, 1.165) is 18.2 Å². The van der Waals surface area contributed by atoms with Gasteiger partial charge in [0.05, 0.1) is 16.3 Å². The predicted octanol–water partition coefficient (Wildman–Crippen LogP) is 5.28. The first-order valence-electron chi connectivity index (χ1n) is 9.27. The van der Waals surface area contributed by atoms with E-state index in [0.29, 0.717) is 5.56 Å². The Kier molecular flexibility index (Phi) is 5.68. The maximum atomic E-state index is 13.5. The van der Waals surface area contributed by atoms with Crippen molar-refractivity contribution in [2.75, 3.05) is 0 Å². The summed E-state index contributed by atoms with van der Waals surface area (Å²) in [5.41, 5.74) is -0.259. The molecule has 6 nitrogen and oxygen atoms in total. The minimum absolute atomic E-state index is 0.0564. The summed E-state index contributed by atoms with van der Waals surface area (Å²) in [7, 11) is -4.46. The van der Waals surface area contributed by atoms with Crippen molar-refractivity contribution < 1.29 is 30.5 Å². The molecule has 11 heteroatoms. The number of hydrogen-bond donors (Lipinski definition) is 1. The topological polar surface area (TPSA) is 93.0 Å². The number of aromatic nitrogens is 3. The molecule has 168 valence electrons. The Morgan fingerprint density at radius 1 is 0.788 bits per heavy atom. The first-order valence-corrected chi connectivity index (χ1v) is 10.7. The highest BCUT2D eigenvalue weighted by atomic mass is 32.2. The molecule has 4 rings (SSSR count). The molecule has 0 saturated heterocycles. The molecule has 2 aromatic heterocycles. The Morgan fingerprint density at radius 3 is 2.18 bits per heavy atom. The van der Waals surface area contributed by atoms with Crippen LogP contribution in [0.15, 0.2) is 77.8 Å². The van der Waals surface area contributed by atoms with Gasteiger partial charge < -0.3 is 0 Å². The van der Waals surface area contributed by atoms with Gasteiger partial charge in [-0.2, -0.15) is 21.6 Å². The maximum absolute atomic E-state index is 13.5. The first kappa shape index (κ1) is 22.5. The van der Waals surface area contributed by atoms with Crippen molar-refractivity contribution in [3.05, 3.63) is 84.4 Å². The molecule has 0 unspecified atom stereocenters. The number of benzene rings is 2. The second-order valence-corrected chi connectivity index (χ2v) is 8.32. The number of rotatable bonds is 4. The Balaban J connectivity index is 1.84. The van der Waals surface area contributed by atoms with E-state index in [1.807, 2.05) is 0 Å². The monoisotopic (exact) mass is 475 g/mol. The molecule has 0 bridgehead atoms. The van der Waals surface area contributed by atoms with Crippen molar-refractivity contribution in [2.24, 2.45) is 0 Å². The Bertz CT molecular complexity index is 1440.